The van der Waals surface area contributed by atoms with Gasteiger partial charge in [-0.25, -0.2) is 4.98 Å². The molecule has 3 aromatic heterocycles. The number of aromatic nitrogens is 5. The van der Waals surface area contributed by atoms with Gasteiger partial charge in [-0.3, -0.25) is 28.7 Å². The Balaban J connectivity index is 0.714. The Labute approximate surface area is 446 Å². The van der Waals surface area contributed by atoms with E-state index in [1.54, 1.807) is 4.90 Å². The number of nitrogens with one attached hydrogen (secondary N) is 4. The summed E-state index contributed by atoms with van der Waals surface area (Å²) in [5.41, 5.74) is 9.17. The number of rotatable bonds is 18. The lowest BCUT2D eigenvalue weighted by Crippen LogP contribution is -2.58. The van der Waals surface area contributed by atoms with Crippen molar-refractivity contribution in [3.05, 3.63) is 154 Å². The van der Waals surface area contributed by atoms with Gasteiger partial charge in [0, 0.05) is 52.6 Å². The van der Waals surface area contributed by atoms with Crippen molar-refractivity contribution in [1.29, 1.82) is 0 Å². The van der Waals surface area contributed by atoms with Gasteiger partial charge in [0.1, 0.15) is 42.1 Å². The van der Waals surface area contributed by atoms with Crippen LogP contribution >= 0.6 is 11.6 Å². The van der Waals surface area contributed by atoms with Crippen LogP contribution in [0.25, 0.3) is 28.3 Å². The maximum atomic E-state index is 14.0. The van der Waals surface area contributed by atoms with Gasteiger partial charge in [-0.05, 0) is 105 Å². The minimum Gasteiger partial charge on any atom is -0.494 e. The van der Waals surface area contributed by atoms with Crippen molar-refractivity contribution < 1.29 is 33.1 Å². The summed E-state index contributed by atoms with van der Waals surface area (Å²) in [6, 6.07) is 28.5. The molecule has 2 unspecified atom stereocenters. The number of aryl methyl sites for hydroxylation is 3. The van der Waals surface area contributed by atoms with E-state index >= 15 is 0 Å². The minimum absolute atomic E-state index is 0.0389. The molecule has 76 heavy (non-hydrogen) atoms. The Bertz CT molecular complexity index is 3250. The highest BCUT2D eigenvalue weighted by atomic mass is 35.5. The zero-order valence-corrected chi connectivity index (χ0v) is 44.6. The summed E-state index contributed by atoms with van der Waals surface area (Å²) >= 11 is 6.27. The largest absolute Gasteiger partial charge is 0.494 e. The van der Waals surface area contributed by atoms with E-state index in [0.717, 1.165) is 61.9 Å². The molecule has 5 heterocycles. The average Bonchev–Trinajstić information content (AvgIpc) is 4.26. The maximum Gasteiger partial charge on any atom is 0.246 e. The number of hydrogen-bond donors (Lipinski definition) is 4. The molecule has 0 bridgehead atoms. The molecular formula is C58H63ClN10O7. The van der Waals surface area contributed by atoms with Crippen molar-refractivity contribution in [2.45, 2.75) is 98.8 Å². The van der Waals surface area contributed by atoms with Crippen LogP contribution < -0.4 is 20.7 Å². The molecule has 3 atom stereocenters. The normalized spacial score (nSPS) is 15.5. The van der Waals surface area contributed by atoms with Crippen molar-refractivity contribution in [2.24, 2.45) is 10.4 Å². The monoisotopic (exact) mass is 1050 g/mol. The minimum atomic E-state index is -0.860. The zero-order chi connectivity index (χ0) is 53.7. The van der Waals surface area contributed by atoms with E-state index in [0.29, 0.717) is 72.8 Å². The highest BCUT2D eigenvalue weighted by Crippen LogP contribution is 2.36. The number of carbonyl (C=O) groups is 4. The molecule has 4 amide bonds. The first-order valence-corrected chi connectivity index (χ1v) is 25.9. The summed E-state index contributed by atoms with van der Waals surface area (Å²) in [6.45, 7) is 14.6. The number of likely N-dealkylation sites (tertiary alicyclic amines) is 1. The molecule has 0 radical (unpaired) electrons. The van der Waals surface area contributed by atoms with E-state index in [4.69, 9.17) is 30.5 Å². The molecule has 2 aliphatic rings. The van der Waals surface area contributed by atoms with Crippen LogP contribution in [0.3, 0.4) is 0 Å². The first-order chi connectivity index (χ1) is 36.5. The topological polar surface area (TPSA) is 211 Å². The first-order valence-electron chi connectivity index (χ1n) is 25.6. The Morgan fingerprint density at radius 1 is 0.842 bits per heavy atom. The molecule has 17 nitrogen and oxygen atoms in total. The number of anilines is 1. The van der Waals surface area contributed by atoms with Gasteiger partial charge in [-0.2, -0.15) is 0 Å². The van der Waals surface area contributed by atoms with Crippen molar-refractivity contribution in [3.63, 3.8) is 0 Å². The number of carbonyl (C=O) groups excluding carboxylic acids is 4. The van der Waals surface area contributed by atoms with E-state index < -0.39 is 29.4 Å². The number of benzene rings is 4. The molecule has 18 heteroatoms. The number of hydrogen-bond acceptors (Lipinski definition) is 11. The maximum absolute atomic E-state index is 14.0. The Hall–Kier alpha value is -7.89. The van der Waals surface area contributed by atoms with Gasteiger partial charge in [-0.1, -0.05) is 93.0 Å². The number of oxazole rings is 1. The molecule has 2 aliphatic heterocycles. The van der Waals surface area contributed by atoms with Gasteiger partial charge in [0.15, 0.2) is 18.0 Å². The molecule has 1 saturated heterocycles. The Morgan fingerprint density at radius 2 is 1.53 bits per heavy atom. The van der Waals surface area contributed by atoms with Crippen LogP contribution in [-0.2, 0) is 30.5 Å². The van der Waals surface area contributed by atoms with Gasteiger partial charge in [0.25, 0.3) is 0 Å². The lowest BCUT2D eigenvalue weighted by Gasteiger charge is -2.35. The molecule has 9 rings (SSSR count). The van der Waals surface area contributed by atoms with E-state index in [1.807, 2.05) is 143 Å². The fraction of sp³-hybridized carbons (Fsp3) is 0.345. The highest BCUT2D eigenvalue weighted by Gasteiger charge is 2.42. The number of aromatic amines is 1. The Morgan fingerprint density at radius 3 is 2.21 bits per heavy atom. The average molecular weight is 1050 g/mol. The van der Waals surface area contributed by atoms with Crippen LogP contribution in [0.15, 0.2) is 113 Å². The lowest BCUT2D eigenvalue weighted by molar-refractivity contribution is -0.144. The van der Waals surface area contributed by atoms with Crippen LogP contribution in [0.4, 0.5) is 5.69 Å². The van der Waals surface area contributed by atoms with Crippen LogP contribution in [0.1, 0.15) is 97.8 Å². The standard InChI is InChI=1S/C58H63ClN10O7/c1-34-35(2)62-55-50(34)51(41-15-21-43(59)22-16-41)64-46(54-67-66-37(4)69(54)55)30-48(70)63-44-23-17-39(18-24-44)40-19-25-45(26-20-40)75-29-9-28-74-32-49(71)65-53(58(5,6)7)57(73)68-27-8-10-47(68)56(72)60-31-38-11-13-42(14-12-38)52-36(3)61-33-76-52/h11-26,33,46-47,53,62H,8-10,27-32H2,1-7H3,(H,60,72)(H,63,70)(H,65,71)/t46?,47-,53?/m0/s1. The molecular weight excluding hydrogens is 984 g/mol. The fourth-order valence-corrected chi connectivity index (χ4v) is 9.77. The second kappa shape index (κ2) is 22.9. The zero-order valence-electron chi connectivity index (χ0n) is 43.8. The summed E-state index contributed by atoms with van der Waals surface area (Å²) in [7, 11) is 0. The van der Waals surface area contributed by atoms with Crippen LogP contribution in [0, 0.1) is 33.1 Å². The number of halogens is 1. The van der Waals surface area contributed by atoms with E-state index in [1.165, 1.54) is 6.39 Å². The number of amides is 4. The van der Waals surface area contributed by atoms with E-state index in [9.17, 15) is 19.2 Å². The quantitative estimate of drug-likeness (QED) is 0.0598. The molecule has 4 aromatic carbocycles. The summed E-state index contributed by atoms with van der Waals surface area (Å²) in [4.78, 5) is 68.7. The van der Waals surface area contributed by atoms with E-state index in [-0.39, 0.29) is 37.4 Å². The fourth-order valence-electron chi connectivity index (χ4n) is 9.64. The van der Waals surface area contributed by atoms with Crippen molar-refractivity contribution >= 4 is 46.6 Å². The van der Waals surface area contributed by atoms with Crippen molar-refractivity contribution in [2.75, 3.05) is 31.7 Å². The third-order valence-corrected chi connectivity index (χ3v) is 14.1. The first kappa shape index (κ1) is 53.0. The highest BCUT2D eigenvalue weighted by molar-refractivity contribution is 6.30. The SMILES string of the molecule is Cc1ncoc1-c1ccc(CNC(=O)[C@@H]2CCCN2C(=O)C(NC(=O)COCCCOc2ccc(-c3ccc(NC(=O)CC4N=C(c5ccc(Cl)cc5)c5c([nH]c(C)c5C)-n5c(C)nnc54)cc3)cc2)C(C)(C)C)cc1. The predicted molar refractivity (Wildman–Crippen MR) is 290 cm³/mol. The predicted octanol–water partition coefficient (Wildman–Crippen LogP) is 9.35. The molecule has 0 spiro atoms. The third kappa shape index (κ3) is 12.0. The summed E-state index contributed by atoms with van der Waals surface area (Å²) < 4.78 is 19.1. The molecule has 1 fully saturated rings. The van der Waals surface area contributed by atoms with Gasteiger partial charge in [-0.15, -0.1) is 10.2 Å². The molecule has 0 saturated carbocycles. The van der Waals surface area contributed by atoms with Gasteiger partial charge in [0.2, 0.25) is 23.6 Å². The Kier molecular flexibility index (Phi) is 16.0. The summed E-state index contributed by atoms with van der Waals surface area (Å²) in [5, 5.41) is 18.4. The second-order valence-electron chi connectivity index (χ2n) is 20.4. The van der Waals surface area contributed by atoms with Crippen LogP contribution in [0.2, 0.25) is 5.02 Å². The van der Waals surface area contributed by atoms with Crippen LogP contribution in [0.5, 0.6) is 5.75 Å². The molecule has 7 aromatic rings. The summed E-state index contributed by atoms with van der Waals surface area (Å²) in [6.07, 6.45) is 3.20. The third-order valence-electron chi connectivity index (χ3n) is 13.8. The van der Waals surface area contributed by atoms with Crippen LogP contribution in [-0.4, -0.2) is 97.4 Å². The lowest BCUT2D eigenvalue weighted by atomic mass is 9.85. The number of H-pyrrole nitrogens is 1. The second-order valence-corrected chi connectivity index (χ2v) is 20.8. The van der Waals surface area contributed by atoms with Gasteiger partial charge < -0.3 is 39.7 Å². The van der Waals surface area contributed by atoms with Crippen molar-refractivity contribution in [3.8, 4) is 34.0 Å². The van der Waals surface area contributed by atoms with Gasteiger partial charge >= 0.3 is 0 Å². The van der Waals surface area contributed by atoms with E-state index in [2.05, 4.69) is 43.0 Å². The number of fused-ring (bicyclic) bond motifs is 3. The molecule has 0 aliphatic carbocycles. The van der Waals surface area contributed by atoms with Crippen molar-refractivity contribution in [1.82, 2.24) is 40.3 Å². The smallest absolute Gasteiger partial charge is 0.246 e. The summed E-state index contributed by atoms with van der Waals surface area (Å²) in [5.74, 6) is 2.30. The van der Waals surface area contributed by atoms with Gasteiger partial charge in [0.05, 0.1) is 31.0 Å². The molecule has 394 valence electrons. The number of nitrogens with zero attached hydrogens (tertiary/aromatic N) is 6. The number of aliphatic imine (C=N–C) groups is 1. The molecule has 4 N–H and O–H groups in total. The number of ether oxygens (including phenoxy) is 2.